The molecule has 0 aromatic heterocycles. The molecule has 0 aliphatic heterocycles. The third kappa shape index (κ3) is 8.22. The van der Waals surface area contributed by atoms with Crippen LogP contribution in [0.15, 0.2) is 12.7 Å². The monoisotopic (exact) mass is 890 g/mol. The fraction of sp³-hybridized carbons (Fsp3) is 0.864. The van der Waals surface area contributed by atoms with Crippen LogP contribution >= 0.6 is 0 Å². The summed E-state index contributed by atoms with van der Waals surface area (Å²) in [6.45, 7) is -4.19. The summed E-state index contributed by atoms with van der Waals surface area (Å²) in [6, 6.07) is 0. The molecule has 0 saturated carbocycles. The van der Waals surface area contributed by atoms with Crippen molar-refractivity contribution < 1.29 is 147 Å². The predicted molar refractivity (Wildman–Crippen MR) is 115 cm³/mol. The van der Waals surface area contributed by atoms with Crippen LogP contribution in [-0.4, -0.2) is 121 Å². The molecule has 2 atom stereocenters. The summed E-state index contributed by atoms with van der Waals surface area (Å²) in [7, 11) is 0. The molecule has 5 nitrogen and oxygen atoms in total. The van der Waals surface area contributed by atoms with Crippen molar-refractivity contribution in [2.45, 2.75) is 96.1 Å². The first kappa shape index (κ1) is 52.0. The Morgan fingerprint density at radius 3 is 1.18 bits per heavy atom. The second-order valence-electron chi connectivity index (χ2n) is 10.3. The van der Waals surface area contributed by atoms with Crippen LogP contribution in [0.1, 0.15) is 6.42 Å². The molecule has 0 fully saturated rings. The maximum Gasteiger partial charge on any atom is 0.506 e. The van der Waals surface area contributed by atoms with Gasteiger partial charge in [-0.1, -0.05) is 6.08 Å². The van der Waals surface area contributed by atoms with Crippen molar-refractivity contribution in [2.24, 2.45) is 0 Å². The molecule has 328 valence electrons. The second-order valence-corrected chi connectivity index (χ2v) is 10.3. The first-order valence-corrected chi connectivity index (χ1v) is 12.7. The van der Waals surface area contributed by atoms with E-state index in [0.717, 1.165) is 0 Å². The van der Waals surface area contributed by atoms with Gasteiger partial charge in [0.2, 0.25) is 0 Å². The van der Waals surface area contributed by atoms with Crippen LogP contribution < -0.4 is 0 Å². The Morgan fingerprint density at radius 1 is 0.527 bits per heavy atom. The lowest BCUT2D eigenvalue weighted by atomic mass is 9.88. The lowest BCUT2D eigenvalue weighted by Crippen LogP contribution is -2.74. The number of alkyl halides is 28. The van der Waals surface area contributed by atoms with Gasteiger partial charge in [-0.15, -0.1) is 6.58 Å². The smallest absolute Gasteiger partial charge is 0.450 e. The average molecular weight is 890 g/mol. The number of carboxylic acid groups (broad SMARTS) is 1. The van der Waals surface area contributed by atoms with E-state index < -0.39 is 122 Å². The summed E-state index contributed by atoms with van der Waals surface area (Å²) in [6.07, 6.45) is -32.1. The fourth-order valence-corrected chi connectivity index (χ4v) is 3.46. The van der Waals surface area contributed by atoms with Crippen LogP contribution in [0.4, 0.5) is 128 Å². The molecular formula is C22H14F28O5. The quantitative estimate of drug-likeness (QED) is 0.0571. The summed E-state index contributed by atoms with van der Waals surface area (Å²) < 4.78 is 389. The molecule has 0 aliphatic carbocycles. The molecule has 55 heavy (non-hydrogen) atoms. The number of ether oxygens (including phenoxy) is 3. The third-order valence-electron chi connectivity index (χ3n) is 6.53. The van der Waals surface area contributed by atoms with E-state index in [9.17, 15) is 119 Å². The van der Waals surface area contributed by atoms with Crippen molar-refractivity contribution in [3.05, 3.63) is 12.7 Å². The van der Waals surface area contributed by atoms with Crippen LogP contribution in [0, 0.1) is 0 Å². The Morgan fingerprint density at radius 2 is 0.855 bits per heavy atom. The number of halogens is 28. The predicted octanol–water partition coefficient (Wildman–Crippen LogP) is 10.1. The molecule has 0 rings (SSSR count). The maximum atomic E-state index is 15.0. The van der Waals surface area contributed by atoms with Crippen molar-refractivity contribution in [1.82, 2.24) is 0 Å². The molecule has 0 aromatic rings. The fourth-order valence-electron chi connectivity index (χ4n) is 3.46. The zero-order chi connectivity index (χ0) is 44.9. The van der Waals surface area contributed by atoms with E-state index in [4.69, 9.17) is 5.11 Å². The highest BCUT2D eigenvalue weighted by molar-refractivity contribution is 5.57. The second kappa shape index (κ2) is 15.0. The minimum absolute atomic E-state index is 0.443. The van der Waals surface area contributed by atoms with E-state index >= 15 is 8.78 Å². The Bertz CT molecular complexity index is 1330. The minimum atomic E-state index is -9.07. The molecule has 0 aromatic carbocycles. The highest BCUT2D eigenvalue weighted by Gasteiger charge is 2.94. The van der Waals surface area contributed by atoms with Gasteiger partial charge >= 0.3 is 83.7 Å². The lowest BCUT2D eigenvalue weighted by Gasteiger charge is -2.43. The molecule has 0 amide bonds. The van der Waals surface area contributed by atoms with Crippen molar-refractivity contribution in [1.29, 1.82) is 0 Å². The molecule has 1 N–H and O–H groups in total. The van der Waals surface area contributed by atoms with Crippen LogP contribution in [0.5, 0.6) is 0 Å². The van der Waals surface area contributed by atoms with Crippen molar-refractivity contribution in [2.75, 3.05) is 19.8 Å². The molecule has 0 spiro atoms. The number of rotatable bonds is 20. The number of carbonyl (C=O) groups is 1. The SMILES string of the molecule is C=CCOCC(OC(=O)O)C(OCCC(F)(F)C(F)(F)C(F)(F)C(F)(F)C(F)(F)C(F)(F)F)C(F)(F)C(F)(F)C(F)(F)C(F)(F)C(F)(F)C(F)(F)C(F)(F)F. The Kier molecular flexibility index (Phi) is 14.2. The van der Waals surface area contributed by atoms with E-state index in [2.05, 4.69) is 20.8 Å². The normalized spacial score (nSPS) is 16.9. The molecule has 0 bridgehead atoms. The van der Waals surface area contributed by atoms with Gasteiger partial charge in [0.15, 0.2) is 12.2 Å². The van der Waals surface area contributed by atoms with Gasteiger partial charge in [0.1, 0.15) is 0 Å². The van der Waals surface area contributed by atoms with Crippen LogP contribution in [0.3, 0.4) is 0 Å². The van der Waals surface area contributed by atoms with Gasteiger partial charge in [-0.25, -0.2) is 4.79 Å². The van der Waals surface area contributed by atoms with Crippen molar-refractivity contribution >= 4 is 6.16 Å². The first-order valence-electron chi connectivity index (χ1n) is 12.7. The summed E-state index contributed by atoms with van der Waals surface area (Å²) in [5, 5.41) is 8.61. The largest absolute Gasteiger partial charge is 0.506 e. The third-order valence-corrected chi connectivity index (χ3v) is 6.53. The van der Waals surface area contributed by atoms with Gasteiger partial charge in [0, 0.05) is 6.42 Å². The zero-order valence-electron chi connectivity index (χ0n) is 24.9. The highest BCUT2D eigenvalue weighted by Crippen LogP contribution is 2.64. The Hall–Kier alpha value is -3.03. The van der Waals surface area contributed by atoms with Crippen LogP contribution in [-0.2, 0) is 14.2 Å². The van der Waals surface area contributed by atoms with E-state index in [-0.39, 0.29) is 0 Å². The van der Waals surface area contributed by atoms with Gasteiger partial charge < -0.3 is 19.3 Å². The van der Waals surface area contributed by atoms with Gasteiger partial charge in [0.05, 0.1) is 19.8 Å². The first-order chi connectivity index (χ1) is 23.7. The summed E-state index contributed by atoms with van der Waals surface area (Å²) >= 11 is 0. The Balaban J connectivity index is 7.42. The van der Waals surface area contributed by atoms with E-state index in [0.29, 0.717) is 6.08 Å². The standard InChI is InChI=1S/C22H14F28O5/c1-2-4-53-6-7(55-9(51)52)8(11(25,26)13(29,30)15(33,34)16(35,36)18(39,40)20(43,44)22(48,49)50)54-5-3-10(23,24)12(27,28)14(31,32)17(37,38)19(41,42)21(45,46)47/h2,7-8H,1,3-6H2,(H,51,52). The molecule has 0 saturated heterocycles. The maximum absolute atomic E-state index is 15.0. The lowest BCUT2D eigenvalue weighted by molar-refractivity contribution is -0.457. The zero-order valence-corrected chi connectivity index (χ0v) is 24.9. The topological polar surface area (TPSA) is 65.0 Å². The Labute approximate surface area is 283 Å². The highest BCUT2D eigenvalue weighted by atomic mass is 19.4. The minimum Gasteiger partial charge on any atom is -0.450 e. The summed E-state index contributed by atoms with van der Waals surface area (Å²) in [4.78, 5) is 10.9. The van der Waals surface area contributed by atoms with E-state index in [1.807, 2.05) is 0 Å². The van der Waals surface area contributed by atoms with E-state index in [1.54, 1.807) is 0 Å². The average Bonchev–Trinajstić information content (AvgIpc) is 2.96. The van der Waals surface area contributed by atoms with Gasteiger partial charge in [-0.05, 0) is 0 Å². The van der Waals surface area contributed by atoms with Gasteiger partial charge in [0.25, 0.3) is 0 Å². The molecule has 0 aliphatic rings. The number of hydrogen-bond acceptors (Lipinski definition) is 4. The van der Waals surface area contributed by atoms with Gasteiger partial charge in [-0.3, -0.25) is 0 Å². The van der Waals surface area contributed by atoms with E-state index in [1.165, 1.54) is 0 Å². The summed E-state index contributed by atoms with van der Waals surface area (Å²) in [5.74, 6) is -93.5. The van der Waals surface area contributed by atoms with Crippen molar-refractivity contribution in [3.8, 4) is 0 Å². The van der Waals surface area contributed by atoms with Crippen LogP contribution in [0.25, 0.3) is 0 Å². The van der Waals surface area contributed by atoms with Crippen LogP contribution in [0.2, 0.25) is 0 Å². The number of hydrogen-bond donors (Lipinski definition) is 1. The summed E-state index contributed by atoms with van der Waals surface area (Å²) in [5.41, 5.74) is 0. The molecule has 33 heteroatoms. The molecule has 2 unspecified atom stereocenters. The molecule has 0 heterocycles. The molecular weight excluding hydrogens is 876 g/mol. The molecule has 0 radical (unpaired) electrons. The van der Waals surface area contributed by atoms with Crippen molar-refractivity contribution in [3.63, 3.8) is 0 Å². The van der Waals surface area contributed by atoms with Gasteiger partial charge in [-0.2, -0.15) is 123 Å².